The summed E-state index contributed by atoms with van der Waals surface area (Å²) in [5.41, 5.74) is 6.18. The zero-order valence-corrected chi connectivity index (χ0v) is 12.1. The van der Waals surface area contributed by atoms with E-state index in [2.05, 4.69) is 5.32 Å². The van der Waals surface area contributed by atoms with Gasteiger partial charge in [0.2, 0.25) is 5.91 Å². The highest BCUT2D eigenvalue weighted by molar-refractivity contribution is 5.85. The average Bonchev–Trinajstić information content (AvgIpc) is 2.47. The van der Waals surface area contributed by atoms with Gasteiger partial charge < -0.3 is 20.5 Å². The van der Waals surface area contributed by atoms with E-state index in [9.17, 15) is 4.79 Å². The Labute approximate surface area is 119 Å². The molecule has 5 heteroatoms. The first-order valence-corrected chi connectivity index (χ1v) is 6.98. The van der Waals surface area contributed by atoms with Crippen LogP contribution in [0.4, 0.5) is 0 Å². The van der Waals surface area contributed by atoms with Gasteiger partial charge in [-0.25, -0.2) is 0 Å². The molecule has 3 N–H and O–H groups in total. The number of nitrogens with one attached hydrogen (secondary N) is 1. The van der Waals surface area contributed by atoms with Crippen molar-refractivity contribution in [2.45, 2.75) is 32.2 Å². The maximum atomic E-state index is 11.8. The Kier molecular flexibility index (Phi) is 4.49. The lowest BCUT2D eigenvalue weighted by Crippen LogP contribution is -2.51. The standard InChI is InChI=1S/C15H22N2O3/c1-3-15(2,16)14(18)17-7-6-11-4-5-12-13(10-11)20-9-8-19-12/h4-5,10H,3,6-9,16H2,1-2H3,(H,17,18). The number of ether oxygens (including phenoxy) is 2. The van der Waals surface area contributed by atoms with Crippen LogP contribution in [0.25, 0.3) is 0 Å². The van der Waals surface area contributed by atoms with Crippen molar-refractivity contribution in [1.29, 1.82) is 0 Å². The zero-order chi connectivity index (χ0) is 14.6. The van der Waals surface area contributed by atoms with Gasteiger partial charge in [-0.1, -0.05) is 13.0 Å². The molecule has 0 radical (unpaired) electrons. The topological polar surface area (TPSA) is 73.6 Å². The number of rotatable bonds is 5. The van der Waals surface area contributed by atoms with Crippen molar-refractivity contribution in [3.8, 4) is 11.5 Å². The molecule has 5 nitrogen and oxygen atoms in total. The van der Waals surface area contributed by atoms with Gasteiger partial charge in [0.1, 0.15) is 13.2 Å². The quantitative estimate of drug-likeness (QED) is 0.850. The van der Waals surface area contributed by atoms with E-state index in [4.69, 9.17) is 15.2 Å². The second kappa shape index (κ2) is 6.13. The summed E-state index contributed by atoms with van der Waals surface area (Å²) in [5, 5.41) is 2.87. The summed E-state index contributed by atoms with van der Waals surface area (Å²) >= 11 is 0. The number of fused-ring (bicyclic) bond motifs is 1. The lowest BCUT2D eigenvalue weighted by molar-refractivity contribution is -0.125. The molecular weight excluding hydrogens is 256 g/mol. The monoisotopic (exact) mass is 278 g/mol. The molecule has 110 valence electrons. The predicted molar refractivity (Wildman–Crippen MR) is 77.0 cm³/mol. The van der Waals surface area contributed by atoms with Gasteiger partial charge >= 0.3 is 0 Å². The highest BCUT2D eigenvalue weighted by Crippen LogP contribution is 2.30. The first-order chi connectivity index (χ1) is 9.53. The molecule has 0 fully saturated rings. The fourth-order valence-corrected chi connectivity index (χ4v) is 1.93. The van der Waals surface area contributed by atoms with Crippen molar-refractivity contribution in [2.24, 2.45) is 5.73 Å². The van der Waals surface area contributed by atoms with Crippen LogP contribution in [0.1, 0.15) is 25.8 Å². The predicted octanol–water partition coefficient (Wildman–Crippen LogP) is 1.24. The van der Waals surface area contributed by atoms with Crippen LogP contribution in [-0.2, 0) is 11.2 Å². The first-order valence-electron chi connectivity index (χ1n) is 6.98. The second-order valence-electron chi connectivity index (χ2n) is 5.25. The van der Waals surface area contributed by atoms with Gasteiger partial charge in [0.25, 0.3) is 0 Å². The SMILES string of the molecule is CCC(C)(N)C(=O)NCCc1ccc2c(c1)OCCO2. The molecule has 0 saturated heterocycles. The third kappa shape index (κ3) is 3.42. The molecule has 1 aliphatic heterocycles. The maximum absolute atomic E-state index is 11.8. The van der Waals surface area contributed by atoms with Gasteiger partial charge in [-0.05, 0) is 37.5 Å². The minimum absolute atomic E-state index is 0.113. The van der Waals surface area contributed by atoms with Gasteiger partial charge in [-0.3, -0.25) is 4.79 Å². The Bertz CT molecular complexity index is 486. The van der Waals surface area contributed by atoms with E-state index >= 15 is 0 Å². The van der Waals surface area contributed by atoms with E-state index in [1.807, 2.05) is 25.1 Å². The molecule has 0 aromatic heterocycles. The molecule has 1 amide bonds. The Morgan fingerprint density at radius 1 is 1.35 bits per heavy atom. The van der Waals surface area contributed by atoms with E-state index in [0.29, 0.717) is 26.2 Å². The van der Waals surface area contributed by atoms with Crippen LogP contribution in [0, 0.1) is 0 Å². The highest BCUT2D eigenvalue weighted by Gasteiger charge is 2.25. The van der Waals surface area contributed by atoms with Crippen molar-refractivity contribution in [1.82, 2.24) is 5.32 Å². The number of carbonyl (C=O) groups excluding carboxylic acids is 1. The van der Waals surface area contributed by atoms with Crippen molar-refractivity contribution >= 4 is 5.91 Å². The first kappa shape index (κ1) is 14.7. The minimum atomic E-state index is -0.799. The van der Waals surface area contributed by atoms with Crippen LogP contribution in [0.3, 0.4) is 0 Å². The van der Waals surface area contributed by atoms with Crippen LogP contribution in [-0.4, -0.2) is 31.2 Å². The van der Waals surface area contributed by atoms with E-state index < -0.39 is 5.54 Å². The molecule has 0 aliphatic carbocycles. The molecule has 0 bridgehead atoms. The minimum Gasteiger partial charge on any atom is -0.486 e. The summed E-state index contributed by atoms with van der Waals surface area (Å²) in [4.78, 5) is 11.8. The molecule has 1 aliphatic rings. The lowest BCUT2D eigenvalue weighted by Gasteiger charge is -2.22. The molecule has 0 saturated carbocycles. The molecule has 2 rings (SSSR count). The summed E-state index contributed by atoms with van der Waals surface area (Å²) in [7, 11) is 0. The molecule has 0 spiro atoms. The number of hydrogen-bond acceptors (Lipinski definition) is 4. The van der Waals surface area contributed by atoms with E-state index in [0.717, 1.165) is 23.5 Å². The van der Waals surface area contributed by atoms with Crippen LogP contribution in [0.5, 0.6) is 11.5 Å². The Morgan fingerprint density at radius 2 is 2.05 bits per heavy atom. The van der Waals surface area contributed by atoms with Crippen molar-refractivity contribution < 1.29 is 14.3 Å². The number of benzene rings is 1. The lowest BCUT2D eigenvalue weighted by atomic mass is 9.99. The summed E-state index contributed by atoms with van der Waals surface area (Å²) in [5.74, 6) is 1.44. The molecule has 20 heavy (non-hydrogen) atoms. The van der Waals surface area contributed by atoms with Crippen LogP contribution >= 0.6 is 0 Å². The Hall–Kier alpha value is -1.75. The number of amides is 1. The Balaban J connectivity index is 1.87. The summed E-state index contributed by atoms with van der Waals surface area (Å²) in [6, 6.07) is 5.86. The third-order valence-corrected chi connectivity index (χ3v) is 3.56. The van der Waals surface area contributed by atoms with Gasteiger partial charge in [0, 0.05) is 6.54 Å². The number of nitrogens with two attached hydrogens (primary N) is 1. The summed E-state index contributed by atoms with van der Waals surface area (Å²) in [6.07, 6.45) is 1.35. The molecule has 1 aromatic carbocycles. The molecule has 1 atom stereocenters. The van der Waals surface area contributed by atoms with Crippen molar-refractivity contribution in [3.63, 3.8) is 0 Å². The normalized spacial score (nSPS) is 16.4. The van der Waals surface area contributed by atoms with Gasteiger partial charge in [0.05, 0.1) is 5.54 Å². The fourth-order valence-electron chi connectivity index (χ4n) is 1.93. The van der Waals surface area contributed by atoms with Crippen LogP contribution in [0.15, 0.2) is 18.2 Å². The smallest absolute Gasteiger partial charge is 0.239 e. The summed E-state index contributed by atoms with van der Waals surface area (Å²) in [6.45, 7) is 5.38. The number of carbonyl (C=O) groups is 1. The molecule has 1 unspecified atom stereocenters. The third-order valence-electron chi connectivity index (χ3n) is 3.56. The molecule has 1 aromatic rings. The largest absolute Gasteiger partial charge is 0.486 e. The second-order valence-corrected chi connectivity index (χ2v) is 5.25. The van der Waals surface area contributed by atoms with Gasteiger partial charge in [0.15, 0.2) is 11.5 Å². The molecular formula is C15H22N2O3. The van der Waals surface area contributed by atoms with E-state index in [1.54, 1.807) is 6.92 Å². The van der Waals surface area contributed by atoms with E-state index in [-0.39, 0.29) is 5.91 Å². The van der Waals surface area contributed by atoms with Crippen LogP contribution in [0.2, 0.25) is 0 Å². The zero-order valence-electron chi connectivity index (χ0n) is 12.1. The van der Waals surface area contributed by atoms with Crippen molar-refractivity contribution in [2.75, 3.05) is 19.8 Å². The summed E-state index contributed by atoms with van der Waals surface area (Å²) < 4.78 is 11.0. The molecule has 1 heterocycles. The average molecular weight is 278 g/mol. The van der Waals surface area contributed by atoms with Crippen molar-refractivity contribution in [3.05, 3.63) is 23.8 Å². The van der Waals surface area contributed by atoms with Gasteiger partial charge in [-0.2, -0.15) is 0 Å². The number of hydrogen-bond donors (Lipinski definition) is 2. The fraction of sp³-hybridized carbons (Fsp3) is 0.533. The van der Waals surface area contributed by atoms with Gasteiger partial charge in [-0.15, -0.1) is 0 Å². The van der Waals surface area contributed by atoms with Crippen LogP contribution < -0.4 is 20.5 Å². The highest BCUT2D eigenvalue weighted by atomic mass is 16.6. The van der Waals surface area contributed by atoms with E-state index in [1.165, 1.54) is 0 Å². The maximum Gasteiger partial charge on any atom is 0.239 e. The Morgan fingerprint density at radius 3 is 2.75 bits per heavy atom.